The Bertz CT molecular complexity index is 225. The Labute approximate surface area is 66.0 Å². The van der Waals surface area contributed by atoms with Crippen LogP contribution < -0.4 is 4.74 Å². The van der Waals surface area contributed by atoms with Gasteiger partial charge in [0.15, 0.2) is 5.75 Å². The van der Waals surface area contributed by atoms with Gasteiger partial charge in [0.2, 0.25) is 0 Å². The first-order valence-electron chi connectivity index (χ1n) is 3.27. The number of ether oxygens (including phenoxy) is 2. The van der Waals surface area contributed by atoms with Gasteiger partial charge in [0.25, 0.3) is 0 Å². The number of aromatic nitrogens is 1. The lowest BCUT2D eigenvalue weighted by molar-refractivity contribution is 0.181. The Morgan fingerprint density at radius 1 is 1.55 bits per heavy atom. The highest BCUT2D eigenvalue weighted by Gasteiger charge is 2.00. The molecule has 1 heterocycles. The summed E-state index contributed by atoms with van der Waals surface area (Å²) in [5.41, 5.74) is 0.963. The molecule has 0 saturated heterocycles. The second-order valence-corrected chi connectivity index (χ2v) is 2.05. The number of rotatable bonds is 3. The predicted molar refractivity (Wildman–Crippen MR) is 40.3 cm³/mol. The first-order valence-corrected chi connectivity index (χ1v) is 3.27. The molecule has 0 aliphatic carbocycles. The predicted octanol–water partition coefficient (Wildman–Crippen LogP) is 1.04. The molecule has 0 aliphatic rings. The maximum absolute atomic E-state index is 5.00. The van der Waals surface area contributed by atoms with Gasteiger partial charge in [-0.2, -0.15) is 0 Å². The molecule has 1 aromatic rings. The molecule has 3 nitrogen and oxygen atoms in total. The minimum Gasteiger partial charge on any atom is -0.494 e. The van der Waals surface area contributed by atoms with E-state index in [-0.39, 0.29) is 0 Å². The number of hydrogen-bond acceptors (Lipinski definition) is 3. The zero-order valence-electron chi connectivity index (χ0n) is 6.63. The maximum Gasteiger partial charge on any atom is 0.152 e. The van der Waals surface area contributed by atoms with Crippen LogP contribution in [0.3, 0.4) is 0 Å². The van der Waals surface area contributed by atoms with E-state index < -0.39 is 0 Å². The first-order chi connectivity index (χ1) is 5.38. The van der Waals surface area contributed by atoms with Crippen molar-refractivity contribution in [2.75, 3.05) is 14.2 Å². The van der Waals surface area contributed by atoms with Crippen molar-refractivity contribution in [1.29, 1.82) is 0 Å². The molecule has 0 aromatic carbocycles. The quantitative estimate of drug-likeness (QED) is 0.648. The zero-order chi connectivity index (χ0) is 8.10. The van der Waals surface area contributed by atoms with Crippen molar-refractivity contribution in [3.8, 4) is 5.75 Å². The molecule has 0 fully saturated rings. The van der Waals surface area contributed by atoms with Crippen molar-refractivity contribution in [3.63, 3.8) is 0 Å². The average Bonchev–Trinajstić information content (AvgIpc) is 2.06. The molecule has 0 bridgehead atoms. The Balaban J connectivity index is 2.83. The largest absolute Gasteiger partial charge is 0.494 e. The summed E-state index contributed by atoms with van der Waals surface area (Å²) in [5, 5.41) is 0. The lowest BCUT2D eigenvalue weighted by Crippen LogP contribution is -1.94. The fraction of sp³-hybridized carbons (Fsp3) is 0.375. The van der Waals surface area contributed by atoms with E-state index >= 15 is 0 Å². The second kappa shape index (κ2) is 3.93. The molecular formula is C8H10NO2. The molecule has 1 radical (unpaired) electrons. The van der Waals surface area contributed by atoms with Crippen LogP contribution in [0.15, 0.2) is 12.3 Å². The van der Waals surface area contributed by atoms with Gasteiger partial charge in [0, 0.05) is 18.9 Å². The number of methoxy groups -OCH3 is 2. The smallest absolute Gasteiger partial charge is 0.152 e. The molecule has 0 unspecified atom stereocenters. The van der Waals surface area contributed by atoms with Crippen LogP contribution in [0.25, 0.3) is 0 Å². The third-order valence-electron chi connectivity index (χ3n) is 1.31. The molecular weight excluding hydrogens is 142 g/mol. The van der Waals surface area contributed by atoms with Crippen LogP contribution in [0.2, 0.25) is 0 Å². The topological polar surface area (TPSA) is 31.4 Å². The molecule has 1 rings (SSSR count). The summed E-state index contributed by atoms with van der Waals surface area (Å²) >= 11 is 0. The Morgan fingerprint density at radius 2 is 2.36 bits per heavy atom. The molecule has 0 N–H and O–H groups in total. The maximum atomic E-state index is 5.00. The van der Waals surface area contributed by atoms with E-state index in [1.54, 1.807) is 20.4 Å². The van der Waals surface area contributed by atoms with E-state index in [0.717, 1.165) is 5.56 Å². The van der Waals surface area contributed by atoms with Crippen molar-refractivity contribution < 1.29 is 9.47 Å². The summed E-state index contributed by atoms with van der Waals surface area (Å²) in [5.74, 6) is 0.648. The number of nitrogens with zero attached hydrogens (tertiary/aromatic N) is 1. The molecule has 59 valence electrons. The third-order valence-corrected chi connectivity index (χ3v) is 1.31. The standard InChI is InChI=1S/C8H10NO2/c1-10-6-7-3-4-9-5-8(7)11-2/h3-4H,6H2,1-2H3. The van der Waals surface area contributed by atoms with Crippen molar-refractivity contribution in [2.24, 2.45) is 0 Å². The minimum atomic E-state index is 0.530. The van der Waals surface area contributed by atoms with Crippen LogP contribution in [-0.2, 0) is 11.3 Å². The van der Waals surface area contributed by atoms with Crippen LogP contribution in [0, 0.1) is 6.20 Å². The summed E-state index contributed by atoms with van der Waals surface area (Å²) in [6.45, 7) is 0.530. The van der Waals surface area contributed by atoms with E-state index in [1.807, 2.05) is 6.07 Å². The molecule has 3 heteroatoms. The van der Waals surface area contributed by atoms with Crippen molar-refractivity contribution in [1.82, 2.24) is 4.98 Å². The van der Waals surface area contributed by atoms with Gasteiger partial charge in [0.05, 0.1) is 13.7 Å². The third kappa shape index (κ3) is 1.91. The average molecular weight is 152 g/mol. The highest BCUT2D eigenvalue weighted by molar-refractivity contribution is 5.27. The lowest BCUT2D eigenvalue weighted by atomic mass is 10.2. The van der Waals surface area contributed by atoms with Crippen LogP contribution in [0.5, 0.6) is 5.75 Å². The van der Waals surface area contributed by atoms with E-state index in [2.05, 4.69) is 11.2 Å². The fourth-order valence-corrected chi connectivity index (χ4v) is 0.817. The lowest BCUT2D eigenvalue weighted by Gasteiger charge is -2.04. The van der Waals surface area contributed by atoms with Crippen molar-refractivity contribution in [3.05, 3.63) is 24.0 Å². The molecule has 0 atom stereocenters. The summed E-state index contributed by atoms with van der Waals surface area (Å²) in [7, 11) is 3.23. The van der Waals surface area contributed by atoms with Gasteiger partial charge in [-0.1, -0.05) is 0 Å². The first kappa shape index (κ1) is 8.01. The van der Waals surface area contributed by atoms with Gasteiger partial charge in [-0.05, 0) is 6.07 Å². The fourth-order valence-electron chi connectivity index (χ4n) is 0.817. The minimum absolute atomic E-state index is 0.530. The second-order valence-electron chi connectivity index (χ2n) is 2.05. The van der Waals surface area contributed by atoms with Gasteiger partial charge >= 0.3 is 0 Å². The van der Waals surface area contributed by atoms with Crippen LogP contribution in [0.1, 0.15) is 5.56 Å². The van der Waals surface area contributed by atoms with Crippen LogP contribution in [0.4, 0.5) is 0 Å². The van der Waals surface area contributed by atoms with E-state index in [4.69, 9.17) is 9.47 Å². The van der Waals surface area contributed by atoms with Gasteiger partial charge in [-0.25, -0.2) is 0 Å². The summed E-state index contributed by atoms with van der Waals surface area (Å²) in [6.07, 6.45) is 4.38. The van der Waals surface area contributed by atoms with Gasteiger partial charge < -0.3 is 9.47 Å². The van der Waals surface area contributed by atoms with Crippen LogP contribution in [-0.4, -0.2) is 19.2 Å². The monoisotopic (exact) mass is 152 g/mol. The highest BCUT2D eigenvalue weighted by atomic mass is 16.5. The molecule has 0 aliphatic heterocycles. The van der Waals surface area contributed by atoms with Gasteiger partial charge in [-0.3, -0.25) is 4.98 Å². The molecule has 11 heavy (non-hydrogen) atoms. The van der Waals surface area contributed by atoms with Crippen molar-refractivity contribution in [2.45, 2.75) is 6.61 Å². The molecule has 0 amide bonds. The molecule has 0 saturated carbocycles. The zero-order valence-corrected chi connectivity index (χ0v) is 6.63. The number of hydrogen-bond donors (Lipinski definition) is 0. The van der Waals surface area contributed by atoms with E-state index in [0.29, 0.717) is 12.4 Å². The van der Waals surface area contributed by atoms with E-state index in [1.165, 1.54) is 0 Å². The molecule has 0 spiro atoms. The van der Waals surface area contributed by atoms with E-state index in [9.17, 15) is 0 Å². The number of pyridine rings is 1. The normalized spacial score (nSPS) is 9.64. The summed E-state index contributed by atoms with van der Waals surface area (Å²) in [6, 6.07) is 1.85. The Hall–Kier alpha value is -1.09. The summed E-state index contributed by atoms with van der Waals surface area (Å²) < 4.78 is 9.94. The van der Waals surface area contributed by atoms with Gasteiger partial charge in [-0.15, -0.1) is 0 Å². The van der Waals surface area contributed by atoms with Crippen LogP contribution >= 0.6 is 0 Å². The SMILES string of the molecule is COCc1ccn[c]c1OC. The summed E-state index contributed by atoms with van der Waals surface area (Å²) in [4.78, 5) is 3.79. The van der Waals surface area contributed by atoms with Crippen molar-refractivity contribution >= 4 is 0 Å². The molecule has 1 aromatic heterocycles. The Kier molecular flexibility index (Phi) is 2.86. The Morgan fingerprint density at radius 3 is 3.00 bits per heavy atom. The van der Waals surface area contributed by atoms with Gasteiger partial charge in [0.1, 0.15) is 6.20 Å². The highest BCUT2D eigenvalue weighted by Crippen LogP contribution is 2.14.